The maximum atomic E-state index is 12.4. The van der Waals surface area contributed by atoms with Crippen LogP contribution in [0.4, 0.5) is 0 Å². The summed E-state index contributed by atoms with van der Waals surface area (Å²) in [6, 6.07) is 5.91. The Bertz CT molecular complexity index is 628. The predicted octanol–water partition coefficient (Wildman–Crippen LogP) is 1.34. The topological polar surface area (TPSA) is 77.8 Å². The number of aryl methyl sites for hydroxylation is 2. The number of nitrogens with zero attached hydrogens (tertiary/aromatic N) is 1. The van der Waals surface area contributed by atoms with E-state index in [1.807, 2.05) is 18.2 Å². The molecule has 0 spiro atoms. The molecule has 1 heterocycles. The molecule has 2 aliphatic rings. The number of rotatable bonds is 5. The second-order valence-corrected chi connectivity index (χ2v) is 6.92. The highest BCUT2D eigenvalue weighted by atomic mass is 16.3. The van der Waals surface area contributed by atoms with Crippen molar-refractivity contribution in [3.63, 3.8) is 0 Å². The first-order valence-corrected chi connectivity index (χ1v) is 8.80. The molecule has 3 rings (SSSR count). The van der Waals surface area contributed by atoms with E-state index in [4.69, 9.17) is 5.11 Å². The summed E-state index contributed by atoms with van der Waals surface area (Å²) in [7, 11) is 0. The van der Waals surface area contributed by atoms with E-state index in [9.17, 15) is 14.7 Å². The van der Waals surface area contributed by atoms with Crippen LogP contribution in [0.15, 0.2) is 18.2 Å². The molecule has 1 aromatic rings. The van der Waals surface area contributed by atoms with Gasteiger partial charge >= 0.3 is 0 Å². The molecule has 2 N–H and O–H groups in total. The van der Waals surface area contributed by atoms with Crippen molar-refractivity contribution in [3.05, 3.63) is 34.9 Å². The predicted molar refractivity (Wildman–Crippen MR) is 89.8 cm³/mol. The van der Waals surface area contributed by atoms with Crippen LogP contribution in [0.5, 0.6) is 0 Å². The fraction of sp³-hybridized carbons (Fsp3) is 0.579. The SMILES string of the molecule is O=C(CCC(=O)N1C[C@H](CO)[C@@H](O)C1)c1ccc2c(c1)CCCC2. The highest BCUT2D eigenvalue weighted by Crippen LogP contribution is 2.23. The normalized spacial score (nSPS) is 23.2. The minimum Gasteiger partial charge on any atom is -0.396 e. The van der Waals surface area contributed by atoms with Gasteiger partial charge in [-0.1, -0.05) is 12.1 Å². The summed E-state index contributed by atoms with van der Waals surface area (Å²) in [5.74, 6) is -0.406. The third kappa shape index (κ3) is 3.68. The summed E-state index contributed by atoms with van der Waals surface area (Å²) < 4.78 is 0. The lowest BCUT2D eigenvalue weighted by molar-refractivity contribution is -0.130. The smallest absolute Gasteiger partial charge is 0.223 e. The van der Waals surface area contributed by atoms with Crippen LogP contribution in [0.2, 0.25) is 0 Å². The van der Waals surface area contributed by atoms with Crippen LogP contribution in [-0.4, -0.2) is 52.6 Å². The number of fused-ring (bicyclic) bond motifs is 1. The largest absolute Gasteiger partial charge is 0.396 e. The molecule has 0 aromatic heterocycles. The number of aliphatic hydroxyl groups is 2. The lowest BCUT2D eigenvalue weighted by Gasteiger charge is -2.17. The number of hydrogen-bond acceptors (Lipinski definition) is 4. The van der Waals surface area contributed by atoms with Crippen molar-refractivity contribution in [2.45, 2.75) is 44.6 Å². The molecule has 24 heavy (non-hydrogen) atoms. The number of β-amino-alcohol motifs (C(OH)–C–C–N with tert-alkyl or cyclic N) is 1. The summed E-state index contributed by atoms with van der Waals surface area (Å²) in [5.41, 5.74) is 3.31. The monoisotopic (exact) mass is 331 g/mol. The van der Waals surface area contributed by atoms with Crippen molar-refractivity contribution in [1.29, 1.82) is 0 Å². The van der Waals surface area contributed by atoms with Crippen molar-refractivity contribution >= 4 is 11.7 Å². The van der Waals surface area contributed by atoms with Crippen molar-refractivity contribution in [3.8, 4) is 0 Å². The van der Waals surface area contributed by atoms with Gasteiger partial charge in [0.1, 0.15) is 0 Å². The molecule has 1 aliphatic heterocycles. The maximum absolute atomic E-state index is 12.4. The molecular formula is C19H25NO4. The summed E-state index contributed by atoms with van der Waals surface area (Å²) in [6.45, 7) is 0.486. The van der Waals surface area contributed by atoms with E-state index in [1.165, 1.54) is 24.0 Å². The van der Waals surface area contributed by atoms with Crippen LogP contribution in [0.25, 0.3) is 0 Å². The number of carbonyl (C=O) groups excluding carboxylic acids is 2. The Morgan fingerprint density at radius 2 is 1.83 bits per heavy atom. The Labute approximate surface area is 142 Å². The Morgan fingerprint density at radius 3 is 2.54 bits per heavy atom. The van der Waals surface area contributed by atoms with Crippen molar-refractivity contribution < 1.29 is 19.8 Å². The fourth-order valence-corrected chi connectivity index (χ4v) is 3.67. The van der Waals surface area contributed by atoms with E-state index in [2.05, 4.69) is 0 Å². The average Bonchev–Trinajstić information content (AvgIpc) is 2.99. The van der Waals surface area contributed by atoms with Crippen LogP contribution in [-0.2, 0) is 17.6 Å². The molecule has 1 amide bonds. The molecular weight excluding hydrogens is 306 g/mol. The zero-order valence-electron chi connectivity index (χ0n) is 13.9. The highest BCUT2D eigenvalue weighted by molar-refractivity contribution is 5.98. The van der Waals surface area contributed by atoms with Gasteiger partial charge < -0.3 is 15.1 Å². The van der Waals surface area contributed by atoms with E-state index in [0.29, 0.717) is 12.1 Å². The number of likely N-dealkylation sites (tertiary alicyclic amines) is 1. The molecule has 1 aliphatic carbocycles. The number of hydrogen-bond donors (Lipinski definition) is 2. The fourth-order valence-electron chi connectivity index (χ4n) is 3.67. The van der Waals surface area contributed by atoms with Crippen molar-refractivity contribution in [2.24, 2.45) is 5.92 Å². The van der Waals surface area contributed by atoms with E-state index >= 15 is 0 Å². The molecule has 5 nitrogen and oxygen atoms in total. The minimum atomic E-state index is -0.671. The third-order valence-corrected chi connectivity index (χ3v) is 5.23. The number of aliphatic hydroxyl groups excluding tert-OH is 2. The minimum absolute atomic E-state index is 0.00447. The second kappa shape index (κ2) is 7.45. The van der Waals surface area contributed by atoms with Crippen LogP contribution in [0, 0.1) is 5.92 Å². The van der Waals surface area contributed by atoms with Gasteiger partial charge in [0.2, 0.25) is 5.91 Å². The van der Waals surface area contributed by atoms with Crippen LogP contribution >= 0.6 is 0 Å². The summed E-state index contributed by atoms with van der Waals surface area (Å²) in [5, 5.41) is 18.9. The van der Waals surface area contributed by atoms with Crippen LogP contribution in [0.1, 0.15) is 47.2 Å². The number of ketones is 1. The molecule has 0 saturated carbocycles. The molecule has 5 heteroatoms. The zero-order valence-corrected chi connectivity index (χ0v) is 13.9. The standard InChI is InChI=1S/C19H25NO4/c21-12-16-10-20(11-18(16)23)19(24)8-7-17(22)15-6-5-13-3-1-2-4-14(13)9-15/h5-6,9,16,18,21,23H,1-4,7-8,10-12H2/t16-,18+/m1/s1. The van der Waals surface area contributed by atoms with Gasteiger partial charge in [-0.25, -0.2) is 0 Å². The van der Waals surface area contributed by atoms with E-state index in [-0.39, 0.29) is 43.6 Å². The Balaban J connectivity index is 1.55. The number of Topliss-reactive ketones (excluding diaryl/α,β-unsaturated/α-hetero) is 1. The molecule has 1 fully saturated rings. The van der Waals surface area contributed by atoms with Gasteiger partial charge in [0.05, 0.1) is 12.7 Å². The first-order valence-electron chi connectivity index (χ1n) is 8.80. The molecule has 2 atom stereocenters. The van der Waals surface area contributed by atoms with Gasteiger partial charge in [0.15, 0.2) is 5.78 Å². The van der Waals surface area contributed by atoms with E-state index in [0.717, 1.165) is 12.8 Å². The van der Waals surface area contributed by atoms with Gasteiger partial charge in [0.25, 0.3) is 0 Å². The van der Waals surface area contributed by atoms with Crippen molar-refractivity contribution in [1.82, 2.24) is 4.90 Å². The van der Waals surface area contributed by atoms with Crippen LogP contribution < -0.4 is 0 Å². The van der Waals surface area contributed by atoms with E-state index < -0.39 is 6.10 Å². The zero-order chi connectivity index (χ0) is 17.1. The summed E-state index contributed by atoms with van der Waals surface area (Å²) >= 11 is 0. The lowest BCUT2D eigenvalue weighted by atomic mass is 9.89. The van der Waals surface area contributed by atoms with Crippen molar-refractivity contribution in [2.75, 3.05) is 19.7 Å². The average molecular weight is 331 g/mol. The van der Waals surface area contributed by atoms with Crippen LogP contribution in [0.3, 0.4) is 0 Å². The van der Waals surface area contributed by atoms with Gasteiger partial charge in [-0.15, -0.1) is 0 Å². The molecule has 0 bridgehead atoms. The summed E-state index contributed by atoms with van der Waals surface area (Å²) in [6.07, 6.45) is 4.18. The van der Waals surface area contributed by atoms with E-state index in [1.54, 1.807) is 4.90 Å². The number of amides is 1. The van der Waals surface area contributed by atoms with Gasteiger partial charge in [-0.3, -0.25) is 9.59 Å². The summed E-state index contributed by atoms with van der Waals surface area (Å²) in [4.78, 5) is 26.1. The Kier molecular flexibility index (Phi) is 5.31. The third-order valence-electron chi connectivity index (χ3n) is 5.23. The number of benzene rings is 1. The molecule has 0 unspecified atom stereocenters. The highest BCUT2D eigenvalue weighted by Gasteiger charge is 2.33. The Hall–Kier alpha value is -1.72. The quantitative estimate of drug-likeness (QED) is 0.798. The molecule has 130 valence electrons. The number of carbonyl (C=O) groups is 2. The maximum Gasteiger partial charge on any atom is 0.223 e. The van der Waals surface area contributed by atoms with Gasteiger partial charge in [-0.2, -0.15) is 0 Å². The molecule has 1 saturated heterocycles. The first-order chi connectivity index (χ1) is 11.6. The Morgan fingerprint density at radius 1 is 1.08 bits per heavy atom. The first kappa shape index (κ1) is 17.1. The van der Waals surface area contributed by atoms with Gasteiger partial charge in [0, 0.05) is 37.4 Å². The molecule has 0 radical (unpaired) electrons. The molecule has 1 aromatic carbocycles. The lowest BCUT2D eigenvalue weighted by Crippen LogP contribution is -2.29. The second-order valence-electron chi connectivity index (χ2n) is 6.92. The van der Waals surface area contributed by atoms with Gasteiger partial charge in [-0.05, 0) is 42.9 Å².